The second kappa shape index (κ2) is 11.9. The van der Waals surface area contributed by atoms with E-state index in [4.69, 9.17) is 13.9 Å². The standard InChI is InChI=1S/C34H34F3NO5/c1-19-6-8-24(9-7-19)33(40)42-27-11-10-25-29(39)31(41-28-17-21(3)16-22(4)23(28)5)32(34(35,36)37)43-30(25)26(27)18-38-14-12-20(2)13-15-38/h6-11,16-17,20H,12-15,18H2,1-5H3/p+1. The lowest BCUT2D eigenvalue weighted by Gasteiger charge is -2.28. The van der Waals surface area contributed by atoms with Crippen molar-refractivity contribution in [3.05, 3.63) is 97.9 Å². The molecular formula is C34H35F3NO5+. The van der Waals surface area contributed by atoms with Crippen molar-refractivity contribution in [2.75, 3.05) is 13.1 Å². The number of carbonyl (C=O) groups excluding carboxylic acids is 1. The van der Waals surface area contributed by atoms with Crippen LogP contribution in [0.3, 0.4) is 0 Å². The van der Waals surface area contributed by atoms with Crippen LogP contribution in [0.15, 0.2) is 57.7 Å². The average molecular weight is 595 g/mol. The summed E-state index contributed by atoms with van der Waals surface area (Å²) in [4.78, 5) is 27.9. The lowest BCUT2D eigenvalue weighted by molar-refractivity contribution is -0.919. The molecule has 5 rings (SSSR count). The molecule has 3 aromatic carbocycles. The Morgan fingerprint density at radius 2 is 1.63 bits per heavy atom. The normalized spacial score (nSPS) is 17.2. The van der Waals surface area contributed by atoms with Crippen molar-refractivity contribution >= 4 is 16.9 Å². The topological polar surface area (TPSA) is 70.2 Å². The number of hydrogen-bond donors (Lipinski definition) is 1. The van der Waals surface area contributed by atoms with Gasteiger partial charge in [-0.25, -0.2) is 4.79 Å². The first-order valence-corrected chi connectivity index (χ1v) is 14.4. The van der Waals surface area contributed by atoms with Gasteiger partial charge in [-0.05, 0) is 93.5 Å². The third kappa shape index (κ3) is 6.46. The number of aryl methyl sites for hydroxylation is 3. The molecule has 1 saturated heterocycles. The van der Waals surface area contributed by atoms with Gasteiger partial charge >= 0.3 is 12.1 Å². The quantitative estimate of drug-likeness (QED) is 0.195. The van der Waals surface area contributed by atoms with E-state index in [-0.39, 0.29) is 34.6 Å². The van der Waals surface area contributed by atoms with Crippen molar-refractivity contribution in [1.29, 1.82) is 0 Å². The Bertz CT molecular complexity index is 1730. The predicted octanol–water partition coefficient (Wildman–Crippen LogP) is 6.87. The zero-order valence-corrected chi connectivity index (χ0v) is 24.9. The molecule has 0 amide bonds. The molecule has 9 heteroatoms. The largest absolute Gasteiger partial charge is 0.453 e. The van der Waals surface area contributed by atoms with E-state index in [9.17, 15) is 22.8 Å². The number of benzene rings is 3. The van der Waals surface area contributed by atoms with Gasteiger partial charge in [-0.1, -0.05) is 30.7 Å². The van der Waals surface area contributed by atoms with Gasteiger partial charge in [0.05, 0.1) is 29.6 Å². The minimum absolute atomic E-state index is 0.0549. The van der Waals surface area contributed by atoms with Crippen LogP contribution >= 0.6 is 0 Å². The first kappa shape index (κ1) is 30.4. The molecule has 6 nitrogen and oxygen atoms in total. The summed E-state index contributed by atoms with van der Waals surface area (Å²) in [6.07, 6.45) is -3.14. The van der Waals surface area contributed by atoms with E-state index in [0.29, 0.717) is 17.0 Å². The second-order valence-corrected chi connectivity index (χ2v) is 11.7. The Kier molecular flexibility index (Phi) is 8.38. The Morgan fingerprint density at radius 3 is 2.28 bits per heavy atom. The molecule has 4 aromatic rings. The van der Waals surface area contributed by atoms with E-state index < -0.39 is 29.1 Å². The first-order chi connectivity index (χ1) is 20.3. The number of rotatable bonds is 6. The zero-order valence-electron chi connectivity index (χ0n) is 24.9. The number of esters is 1. The van der Waals surface area contributed by atoms with E-state index in [1.165, 1.54) is 12.1 Å². The number of likely N-dealkylation sites (tertiary alicyclic amines) is 1. The molecule has 1 aliphatic heterocycles. The fraction of sp³-hybridized carbons (Fsp3) is 0.353. The van der Waals surface area contributed by atoms with Crippen molar-refractivity contribution in [2.24, 2.45) is 5.92 Å². The van der Waals surface area contributed by atoms with E-state index in [2.05, 4.69) is 6.92 Å². The predicted molar refractivity (Wildman–Crippen MR) is 157 cm³/mol. The van der Waals surface area contributed by atoms with Gasteiger partial charge in [0, 0.05) is 0 Å². The number of nitrogens with one attached hydrogen (secondary N) is 1. The second-order valence-electron chi connectivity index (χ2n) is 11.7. The molecule has 1 fully saturated rings. The third-order valence-corrected chi connectivity index (χ3v) is 8.21. The summed E-state index contributed by atoms with van der Waals surface area (Å²) < 4.78 is 60.6. The monoisotopic (exact) mass is 594 g/mol. The first-order valence-electron chi connectivity index (χ1n) is 14.4. The molecule has 0 aliphatic carbocycles. The number of fused-ring (bicyclic) bond motifs is 1. The summed E-state index contributed by atoms with van der Waals surface area (Å²) in [6, 6.07) is 13.0. The Hall–Kier alpha value is -4.11. The van der Waals surface area contributed by atoms with E-state index >= 15 is 0 Å². The van der Waals surface area contributed by atoms with Crippen molar-refractivity contribution in [3.63, 3.8) is 0 Å². The van der Waals surface area contributed by atoms with Gasteiger partial charge in [0.25, 0.3) is 5.76 Å². The van der Waals surface area contributed by atoms with Crippen molar-refractivity contribution in [2.45, 2.75) is 60.2 Å². The Balaban J connectivity index is 1.67. The molecule has 2 heterocycles. The smallest absolute Gasteiger partial charge is 0.449 e. The van der Waals surface area contributed by atoms with Gasteiger partial charge < -0.3 is 18.8 Å². The summed E-state index contributed by atoms with van der Waals surface area (Å²) >= 11 is 0. The summed E-state index contributed by atoms with van der Waals surface area (Å²) in [5.74, 6) is -2.38. The van der Waals surface area contributed by atoms with Crippen LogP contribution in [0.1, 0.15) is 63.7 Å². The van der Waals surface area contributed by atoms with Crippen LogP contribution in [-0.2, 0) is 12.7 Å². The highest BCUT2D eigenvalue weighted by Crippen LogP contribution is 2.41. The SMILES string of the molecule is Cc1ccc(C(=O)Oc2ccc3c(=O)c(Oc4cc(C)cc(C)c4C)c(C(F)(F)F)oc3c2C[NH+]2CCC(C)CC2)cc1. The van der Waals surface area contributed by atoms with Gasteiger partial charge in [0.15, 0.2) is 5.58 Å². The van der Waals surface area contributed by atoms with E-state index in [1.807, 2.05) is 19.9 Å². The number of carbonyl (C=O) groups is 1. The van der Waals surface area contributed by atoms with Gasteiger partial charge in [-0.3, -0.25) is 4.79 Å². The van der Waals surface area contributed by atoms with Gasteiger partial charge in [0.2, 0.25) is 11.2 Å². The minimum Gasteiger partial charge on any atom is -0.449 e. The number of ether oxygens (including phenoxy) is 2. The molecule has 226 valence electrons. The molecule has 1 aromatic heterocycles. The van der Waals surface area contributed by atoms with Crippen LogP contribution in [0, 0.1) is 33.6 Å². The van der Waals surface area contributed by atoms with Crippen molar-refractivity contribution in [3.8, 4) is 17.2 Å². The molecule has 0 bridgehead atoms. The molecule has 0 spiro atoms. The maximum Gasteiger partial charge on any atom is 0.453 e. The lowest BCUT2D eigenvalue weighted by atomic mass is 9.98. The van der Waals surface area contributed by atoms with Gasteiger partial charge in [-0.2, -0.15) is 13.2 Å². The maximum atomic E-state index is 14.5. The van der Waals surface area contributed by atoms with Crippen molar-refractivity contribution < 1.29 is 36.8 Å². The van der Waals surface area contributed by atoms with Crippen LogP contribution in [0.5, 0.6) is 17.2 Å². The van der Waals surface area contributed by atoms with Crippen LogP contribution in [0.2, 0.25) is 0 Å². The number of alkyl halides is 3. The van der Waals surface area contributed by atoms with E-state index in [0.717, 1.165) is 47.5 Å². The molecule has 0 atom stereocenters. The highest BCUT2D eigenvalue weighted by Gasteiger charge is 2.41. The Morgan fingerprint density at radius 1 is 0.953 bits per heavy atom. The van der Waals surface area contributed by atoms with Crippen LogP contribution in [0.4, 0.5) is 13.2 Å². The minimum atomic E-state index is -5.03. The summed E-state index contributed by atoms with van der Waals surface area (Å²) in [7, 11) is 0. The molecule has 1 aliphatic rings. The lowest BCUT2D eigenvalue weighted by Crippen LogP contribution is -3.11. The van der Waals surface area contributed by atoms with Crippen LogP contribution in [-0.4, -0.2) is 19.1 Å². The van der Waals surface area contributed by atoms with Crippen LogP contribution in [0.25, 0.3) is 11.0 Å². The fourth-order valence-corrected chi connectivity index (χ4v) is 5.48. The number of hydrogen-bond acceptors (Lipinski definition) is 5. The molecular weight excluding hydrogens is 559 g/mol. The molecule has 43 heavy (non-hydrogen) atoms. The third-order valence-electron chi connectivity index (χ3n) is 8.21. The van der Waals surface area contributed by atoms with E-state index in [1.54, 1.807) is 44.2 Å². The highest BCUT2D eigenvalue weighted by atomic mass is 19.4. The molecule has 0 saturated carbocycles. The fourth-order valence-electron chi connectivity index (χ4n) is 5.48. The zero-order chi connectivity index (χ0) is 31.1. The summed E-state index contributed by atoms with van der Waals surface area (Å²) in [5.41, 5.74) is 2.48. The Labute approximate surface area is 248 Å². The summed E-state index contributed by atoms with van der Waals surface area (Å²) in [5, 5.41) is -0.0834. The van der Waals surface area contributed by atoms with Crippen LogP contribution < -0.4 is 19.8 Å². The molecule has 1 N–H and O–H groups in total. The molecule has 0 radical (unpaired) electrons. The van der Waals surface area contributed by atoms with Crippen molar-refractivity contribution in [1.82, 2.24) is 0 Å². The summed E-state index contributed by atoms with van der Waals surface area (Å²) in [6.45, 7) is 11.2. The molecule has 0 unspecified atom stereocenters. The number of piperidine rings is 1. The van der Waals surface area contributed by atoms with Gasteiger partial charge in [0.1, 0.15) is 18.0 Å². The number of halogens is 3. The maximum absolute atomic E-state index is 14.5. The average Bonchev–Trinajstić information content (AvgIpc) is 2.94. The number of quaternary nitrogens is 1. The van der Waals surface area contributed by atoms with Gasteiger partial charge in [-0.15, -0.1) is 0 Å². The highest BCUT2D eigenvalue weighted by molar-refractivity contribution is 5.92.